The predicted octanol–water partition coefficient (Wildman–Crippen LogP) is 2.99. The lowest BCUT2D eigenvalue weighted by molar-refractivity contribution is 0.251. The molecular weight excluding hydrogens is 324 g/mol. The Morgan fingerprint density at radius 1 is 1.25 bits per heavy atom. The van der Waals surface area contributed by atoms with Gasteiger partial charge in [-0.2, -0.15) is 0 Å². The molecule has 1 aliphatic carbocycles. The molecule has 3 aromatic rings. The van der Waals surface area contributed by atoms with Crippen molar-refractivity contribution in [1.82, 2.24) is 25.3 Å². The zero-order valence-corrected chi connectivity index (χ0v) is 13.9. The van der Waals surface area contributed by atoms with Crippen LogP contribution in [0.3, 0.4) is 0 Å². The third-order valence-electron chi connectivity index (χ3n) is 3.78. The molecule has 0 bridgehead atoms. The number of pyridine rings is 1. The second-order valence-corrected chi connectivity index (χ2v) is 6.89. The smallest absolute Gasteiger partial charge is 0.320 e. The summed E-state index contributed by atoms with van der Waals surface area (Å²) in [6, 6.07) is 3.27. The van der Waals surface area contributed by atoms with Gasteiger partial charge >= 0.3 is 6.03 Å². The van der Waals surface area contributed by atoms with Crippen LogP contribution in [0.25, 0.3) is 22.6 Å². The minimum Gasteiger partial charge on any atom is -0.338 e. The van der Waals surface area contributed by atoms with Crippen LogP contribution in [0.15, 0.2) is 23.7 Å². The minimum atomic E-state index is -0.243. The number of amides is 2. The molecule has 0 saturated heterocycles. The molecule has 1 fully saturated rings. The molecule has 4 rings (SSSR count). The van der Waals surface area contributed by atoms with Crippen LogP contribution >= 0.6 is 11.3 Å². The first-order valence-corrected chi connectivity index (χ1v) is 8.66. The van der Waals surface area contributed by atoms with Gasteiger partial charge < -0.3 is 5.32 Å². The van der Waals surface area contributed by atoms with Crippen LogP contribution in [0.1, 0.15) is 17.8 Å². The van der Waals surface area contributed by atoms with Gasteiger partial charge in [-0.25, -0.2) is 19.7 Å². The van der Waals surface area contributed by atoms with Crippen LogP contribution in [-0.2, 0) is 0 Å². The van der Waals surface area contributed by atoms with Gasteiger partial charge in [-0.05, 0) is 37.8 Å². The van der Waals surface area contributed by atoms with E-state index in [2.05, 4.69) is 30.6 Å². The fourth-order valence-electron chi connectivity index (χ4n) is 2.29. The molecule has 7 nitrogen and oxygen atoms in total. The molecular formula is C16H16N6OS. The maximum absolute atomic E-state index is 11.9. The predicted molar refractivity (Wildman–Crippen MR) is 92.9 cm³/mol. The van der Waals surface area contributed by atoms with Crippen molar-refractivity contribution in [3.8, 4) is 11.4 Å². The van der Waals surface area contributed by atoms with E-state index in [-0.39, 0.29) is 6.03 Å². The van der Waals surface area contributed by atoms with Crippen molar-refractivity contribution < 1.29 is 4.79 Å². The van der Waals surface area contributed by atoms with E-state index in [1.807, 2.05) is 12.3 Å². The van der Waals surface area contributed by atoms with E-state index in [9.17, 15) is 4.79 Å². The van der Waals surface area contributed by atoms with E-state index in [4.69, 9.17) is 0 Å². The molecule has 1 aliphatic rings. The van der Waals surface area contributed by atoms with Crippen molar-refractivity contribution in [2.75, 3.05) is 11.9 Å². The normalized spacial score (nSPS) is 13.9. The second-order valence-electron chi connectivity index (χ2n) is 5.82. The number of aromatic nitrogens is 4. The number of nitrogens with zero attached hydrogens (tertiary/aromatic N) is 4. The summed E-state index contributed by atoms with van der Waals surface area (Å²) in [5.74, 6) is 1.09. The Morgan fingerprint density at radius 3 is 2.88 bits per heavy atom. The van der Waals surface area contributed by atoms with E-state index in [0.29, 0.717) is 35.1 Å². The minimum absolute atomic E-state index is 0.243. The van der Waals surface area contributed by atoms with Crippen LogP contribution in [0.4, 0.5) is 10.6 Å². The second kappa shape index (κ2) is 6.12. The Labute approximate surface area is 142 Å². The van der Waals surface area contributed by atoms with E-state index in [0.717, 1.165) is 10.7 Å². The summed E-state index contributed by atoms with van der Waals surface area (Å²) in [6.07, 6.45) is 4.08. The number of carbonyl (C=O) groups excluding carboxylic acids is 1. The van der Waals surface area contributed by atoms with E-state index < -0.39 is 0 Å². The first kappa shape index (κ1) is 14.9. The quantitative estimate of drug-likeness (QED) is 0.761. The third-order valence-corrected chi connectivity index (χ3v) is 4.55. The van der Waals surface area contributed by atoms with Gasteiger partial charge in [-0.1, -0.05) is 0 Å². The molecule has 0 atom stereocenters. The molecule has 1 saturated carbocycles. The van der Waals surface area contributed by atoms with E-state index in [1.165, 1.54) is 12.8 Å². The molecule has 122 valence electrons. The number of fused-ring (bicyclic) bond motifs is 1. The topological polar surface area (TPSA) is 92.7 Å². The van der Waals surface area contributed by atoms with Crippen molar-refractivity contribution in [3.05, 3.63) is 28.7 Å². The molecule has 0 unspecified atom stereocenters. The SMILES string of the molecule is Cc1nc(-c2cnc3ccc(NC(=O)NCC4CC4)nc3n2)cs1. The highest BCUT2D eigenvalue weighted by atomic mass is 32.1. The molecule has 3 heterocycles. The maximum Gasteiger partial charge on any atom is 0.320 e. The van der Waals surface area contributed by atoms with Gasteiger partial charge in [-0.15, -0.1) is 11.3 Å². The van der Waals surface area contributed by atoms with Gasteiger partial charge in [0.1, 0.15) is 22.7 Å². The number of anilines is 1. The van der Waals surface area contributed by atoms with E-state index >= 15 is 0 Å². The number of rotatable bonds is 4. The van der Waals surface area contributed by atoms with Gasteiger partial charge in [0.25, 0.3) is 0 Å². The van der Waals surface area contributed by atoms with Crippen LogP contribution in [0.5, 0.6) is 0 Å². The number of thiazole rings is 1. The molecule has 2 N–H and O–H groups in total. The molecule has 2 amide bonds. The molecule has 3 aromatic heterocycles. The van der Waals surface area contributed by atoms with Crippen LogP contribution in [0.2, 0.25) is 0 Å². The average molecular weight is 340 g/mol. The van der Waals surface area contributed by atoms with Crippen molar-refractivity contribution in [2.24, 2.45) is 5.92 Å². The summed E-state index contributed by atoms with van der Waals surface area (Å²) in [5, 5.41) is 8.50. The van der Waals surface area contributed by atoms with Crippen LogP contribution in [-0.4, -0.2) is 32.5 Å². The molecule has 0 aliphatic heterocycles. The Kier molecular flexibility index (Phi) is 3.81. The van der Waals surface area contributed by atoms with Crippen LogP contribution < -0.4 is 10.6 Å². The number of carbonyl (C=O) groups is 1. The van der Waals surface area contributed by atoms with Crippen molar-refractivity contribution in [1.29, 1.82) is 0 Å². The number of aryl methyl sites for hydroxylation is 1. The highest BCUT2D eigenvalue weighted by Gasteiger charge is 2.21. The molecule has 0 aromatic carbocycles. The Morgan fingerprint density at radius 2 is 2.12 bits per heavy atom. The van der Waals surface area contributed by atoms with Gasteiger partial charge in [-0.3, -0.25) is 10.3 Å². The summed E-state index contributed by atoms with van der Waals surface area (Å²) in [6.45, 7) is 2.66. The van der Waals surface area contributed by atoms with Crippen molar-refractivity contribution >= 4 is 34.3 Å². The number of hydrogen-bond acceptors (Lipinski definition) is 6. The summed E-state index contributed by atoms with van der Waals surface area (Å²) in [7, 11) is 0. The fraction of sp³-hybridized carbons (Fsp3) is 0.312. The highest BCUT2D eigenvalue weighted by molar-refractivity contribution is 7.09. The van der Waals surface area contributed by atoms with Gasteiger partial charge in [0.2, 0.25) is 0 Å². The Hall–Kier alpha value is -2.61. The summed E-state index contributed by atoms with van der Waals surface area (Å²) in [4.78, 5) is 29.5. The molecule has 0 radical (unpaired) electrons. The maximum atomic E-state index is 11.9. The van der Waals surface area contributed by atoms with Crippen LogP contribution in [0, 0.1) is 12.8 Å². The molecule has 0 spiro atoms. The summed E-state index contributed by atoms with van der Waals surface area (Å²) in [5.41, 5.74) is 2.62. The lowest BCUT2D eigenvalue weighted by Gasteiger charge is -2.07. The van der Waals surface area contributed by atoms with Crippen molar-refractivity contribution in [3.63, 3.8) is 0 Å². The Bertz CT molecular complexity index is 904. The zero-order valence-electron chi connectivity index (χ0n) is 13.1. The van der Waals surface area contributed by atoms with Gasteiger partial charge in [0.05, 0.1) is 11.2 Å². The fourth-order valence-corrected chi connectivity index (χ4v) is 2.90. The molecule has 8 heteroatoms. The largest absolute Gasteiger partial charge is 0.338 e. The third kappa shape index (κ3) is 3.33. The van der Waals surface area contributed by atoms with Crippen molar-refractivity contribution in [2.45, 2.75) is 19.8 Å². The summed E-state index contributed by atoms with van der Waals surface area (Å²) < 4.78 is 0. The van der Waals surface area contributed by atoms with Gasteiger partial charge in [0, 0.05) is 11.9 Å². The zero-order chi connectivity index (χ0) is 16.5. The number of urea groups is 1. The average Bonchev–Trinajstić information content (AvgIpc) is 3.32. The first-order chi connectivity index (χ1) is 11.7. The number of hydrogen-bond donors (Lipinski definition) is 2. The monoisotopic (exact) mass is 340 g/mol. The Balaban J connectivity index is 1.55. The van der Waals surface area contributed by atoms with E-state index in [1.54, 1.807) is 29.7 Å². The summed E-state index contributed by atoms with van der Waals surface area (Å²) >= 11 is 1.56. The lowest BCUT2D eigenvalue weighted by Crippen LogP contribution is -2.30. The number of nitrogens with one attached hydrogen (secondary N) is 2. The van der Waals surface area contributed by atoms with Gasteiger partial charge in [0.15, 0.2) is 5.65 Å². The molecule has 24 heavy (non-hydrogen) atoms. The highest BCUT2D eigenvalue weighted by Crippen LogP contribution is 2.27. The first-order valence-electron chi connectivity index (χ1n) is 7.78. The standard InChI is InChI=1S/C16H16N6OS/c1-9-19-13(8-24-9)12-7-17-11-4-5-14(21-15(11)20-12)22-16(23)18-6-10-2-3-10/h4-5,7-8,10H,2-3,6H2,1H3,(H2,18,20,21,22,23). The lowest BCUT2D eigenvalue weighted by atomic mass is 10.3.